The van der Waals surface area contributed by atoms with Crippen LogP contribution >= 0.6 is 0 Å². The highest BCUT2D eigenvalue weighted by Crippen LogP contribution is 1.87. The van der Waals surface area contributed by atoms with Gasteiger partial charge in [-0.25, -0.2) is 5.11 Å². The van der Waals surface area contributed by atoms with Crippen LogP contribution in [0.4, 0.5) is 0 Å². The Hall–Kier alpha value is -0.120. The minimum absolute atomic E-state index is 0.412. The third-order valence-electron chi connectivity index (χ3n) is 1.12. The smallest absolute Gasteiger partial charge is 0.109 e. The normalized spacial score (nSPS) is 14.1. The van der Waals surface area contributed by atoms with Crippen LogP contribution in [0.2, 0.25) is 0 Å². The summed E-state index contributed by atoms with van der Waals surface area (Å²) in [6.45, 7) is 5.02. The van der Waals surface area contributed by atoms with Gasteiger partial charge >= 0.3 is 0 Å². The van der Waals surface area contributed by atoms with E-state index in [2.05, 4.69) is 19.2 Å². The lowest BCUT2D eigenvalue weighted by atomic mass is 10.2. The van der Waals surface area contributed by atoms with Crippen LogP contribution in [0.25, 0.3) is 0 Å². The Kier molecular flexibility index (Phi) is 5.58. The van der Waals surface area contributed by atoms with Crippen molar-refractivity contribution < 1.29 is 10.2 Å². The van der Waals surface area contributed by atoms with Crippen molar-refractivity contribution in [3.63, 3.8) is 0 Å². The summed E-state index contributed by atoms with van der Waals surface area (Å²) < 4.78 is 0. The van der Waals surface area contributed by atoms with Gasteiger partial charge in [0.15, 0.2) is 0 Å². The molecule has 0 aromatic heterocycles. The van der Waals surface area contributed by atoms with E-state index in [1.54, 1.807) is 0 Å². The molecule has 10 heavy (non-hydrogen) atoms. The van der Waals surface area contributed by atoms with E-state index >= 15 is 0 Å². The van der Waals surface area contributed by atoms with E-state index in [0.717, 1.165) is 6.54 Å². The van der Waals surface area contributed by atoms with E-state index in [1.165, 1.54) is 0 Å². The summed E-state index contributed by atoms with van der Waals surface area (Å²) in [6.07, 6.45) is -0.723. The zero-order valence-corrected chi connectivity index (χ0v) is 6.63. The zero-order valence-electron chi connectivity index (χ0n) is 6.63. The number of nitrogens with one attached hydrogen (secondary N) is 1. The molecule has 1 atom stereocenters. The Labute approximate surface area is 62.1 Å². The average Bonchev–Trinajstić information content (AvgIpc) is 1.87. The van der Waals surface area contributed by atoms with E-state index in [-0.39, 0.29) is 0 Å². The molecule has 0 spiro atoms. The van der Waals surface area contributed by atoms with Crippen molar-refractivity contribution in [3.05, 3.63) is 0 Å². The molecule has 0 fully saturated rings. The van der Waals surface area contributed by atoms with Crippen LogP contribution in [-0.4, -0.2) is 30.9 Å². The van der Waals surface area contributed by atoms with Crippen LogP contribution in [0.5, 0.6) is 0 Å². The molecule has 61 valence electrons. The van der Waals surface area contributed by atoms with Crippen molar-refractivity contribution in [2.24, 2.45) is 5.92 Å². The van der Waals surface area contributed by atoms with E-state index < -0.39 is 12.7 Å². The number of rotatable bonds is 5. The summed E-state index contributed by atoms with van der Waals surface area (Å²) in [6, 6.07) is 0. The van der Waals surface area contributed by atoms with Crippen LogP contribution in [0, 0.1) is 5.92 Å². The van der Waals surface area contributed by atoms with Gasteiger partial charge in [0, 0.05) is 6.54 Å². The van der Waals surface area contributed by atoms with E-state index in [4.69, 9.17) is 5.11 Å². The second kappa shape index (κ2) is 5.65. The Morgan fingerprint density at radius 2 is 2.00 bits per heavy atom. The van der Waals surface area contributed by atoms with Crippen LogP contribution in [0.3, 0.4) is 0 Å². The van der Waals surface area contributed by atoms with Crippen molar-refractivity contribution in [3.8, 4) is 0 Å². The zero-order chi connectivity index (χ0) is 7.98. The standard InChI is InChI=1S/C7H16NO2/c1-6(2)3-8-4-7(10)5-9/h6-8,10H,3-5H2,1-2H3. The fraction of sp³-hybridized carbons (Fsp3) is 1.00. The van der Waals surface area contributed by atoms with Gasteiger partial charge in [0.05, 0.1) is 6.10 Å². The molecule has 3 heteroatoms. The molecule has 3 nitrogen and oxygen atoms in total. The largest absolute Gasteiger partial charge is 0.389 e. The fourth-order valence-corrected chi connectivity index (χ4v) is 0.598. The molecule has 1 unspecified atom stereocenters. The molecule has 0 aliphatic carbocycles. The predicted octanol–water partition coefficient (Wildman–Crippen LogP) is 0.0234. The first-order chi connectivity index (χ1) is 4.66. The monoisotopic (exact) mass is 146 g/mol. The molecule has 0 saturated heterocycles. The fourth-order valence-electron chi connectivity index (χ4n) is 0.598. The van der Waals surface area contributed by atoms with Gasteiger partial charge < -0.3 is 10.4 Å². The van der Waals surface area contributed by atoms with Crippen molar-refractivity contribution in [1.82, 2.24) is 5.32 Å². The summed E-state index contributed by atoms with van der Waals surface area (Å²) in [5.41, 5.74) is 0. The molecule has 0 aliphatic heterocycles. The lowest BCUT2D eigenvalue weighted by Gasteiger charge is -2.09. The lowest BCUT2D eigenvalue weighted by Crippen LogP contribution is -2.31. The first-order valence-electron chi connectivity index (χ1n) is 3.63. The number of hydrogen-bond donors (Lipinski definition) is 2. The minimum Gasteiger partial charge on any atom is -0.389 e. The molecule has 2 N–H and O–H groups in total. The summed E-state index contributed by atoms with van der Waals surface area (Å²) in [7, 11) is 0. The third-order valence-corrected chi connectivity index (χ3v) is 1.12. The van der Waals surface area contributed by atoms with Crippen LogP contribution in [0.1, 0.15) is 13.8 Å². The van der Waals surface area contributed by atoms with Crippen molar-refractivity contribution in [2.75, 3.05) is 19.7 Å². The van der Waals surface area contributed by atoms with Crippen LogP contribution in [0.15, 0.2) is 0 Å². The molecule has 0 amide bonds. The Morgan fingerprint density at radius 3 is 2.40 bits per heavy atom. The highest BCUT2D eigenvalue weighted by Gasteiger charge is 2.01. The van der Waals surface area contributed by atoms with Gasteiger partial charge in [-0.15, -0.1) is 0 Å². The molecule has 0 aromatic rings. The minimum atomic E-state index is -0.723. The molecular weight excluding hydrogens is 130 g/mol. The quantitative estimate of drug-likeness (QED) is 0.574. The second-order valence-electron chi connectivity index (χ2n) is 2.87. The highest BCUT2D eigenvalue weighted by molar-refractivity contribution is 4.57. The van der Waals surface area contributed by atoms with Gasteiger partial charge in [0.25, 0.3) is 0 Å². The van der Waals surface area contributed by atoms with Gasteiger partial charge in [0.1, 0.15) is 6.61 Å². The van der Waals surface area contributed by atoms with Crippen molar-refractivity contribution in [1.29, 1.82) is 0 Å². The predicted molar refractivity (Wildman–Crippen MR) is 39.3 cm³/mol. The summed E-state index contributed by atoms with van der Waals surface area (Å²) in [5.74, 6) is 0.568. The Morgan fingerprint density at radius 1 is 1.40 bits per heavy atom. The molecule has 0 heterocycles. The van der Waals surface area contributed by atoms with Gasteiger partial charge in [-0.1, -0.05) is 13.8 Å². The van der Waals surface area contributed by atoms with Crippen molar-refractivity contribution in [2.45, 2.75) is 20.0 Å². The number of aliphatic hydroxyl groups excluding tert-OH is 1. The molecular formula is C7H16NO2. The molecule has 0 rings (SSSR count). The first kappa shape index (κ1) is 9.88. The second-order valence-corrected chi connectivity index (χ2v) is 2.87. The Balaban J connectivity index is 3.03. The van der Waals surface area contributed by atoms with Gasteiger partial charge in [-0.2, -0.15) is 0 Å². The maximum absolute atomic E-state index is 10.0. The first-order valence-corrected chi connectivity index (χ1v) is 3.63. The third kappa shape index (κ3) is 6.01. The molecule has 0 saturated carbocycles. The average molecular weight is 146 g/mol. The number of hydrogen-bond acceptors (Lipinski definition) is 2. The summed E-state index contributed by atoms with van der Waals surface area (Å²) >= 11 is 0. The van der Waals surface area contributed by atoms with Gasteiger partial charge in [-0.3, -0.25) is 0 Å². The summed E-state index contributed by atoms with van der Waals surface area (Å²) in [4.78, 5) is 0. The molecule has 0 bridgehead atoms. The molecule has 0 aliphatic rings. The topological polar surface area (TPSA) is 52.2 Å². The maximum atomic E-state index is 10.0. The Bertz CT molecular complexity index is 76.0. The molecule has 0 aromatic carbocycles. The number of aliphatic hydroxyl groups is 1. The van der Waals surface area contributed by atoms with E-state index in [9.17, 15) is 5.11 Å². The lowest BCUT2D eigenvalue weighted by molar-refractivity contribution is 0.0551. The van der Waals surface area contributed by atoms with Crippen LogP contribution in [-0.2, 0) is 5.11 Å². The highest BCUT2D eigenvalue weighted by atomic mass is 16.3. The van der Waals surface area contributed by atoms with E-state index in [1.807, 2.05) is 0 Å². The molecule has 1 radical (unpaired) electrons. The van der Waals surface area contributed by atoms with Crippen molar-refractivity contribution >= 4 is 0 Å². The SMILES string of the molecule is CC(C)CNCC(O)C[O]. The van der Waals surface area contributed by atoms with Crippen LogP contribution < -0.4 is 5.32 Å². The van der Waals surface area contributed by atoms with Gasteiger partial charge in [-0.05, 0) is 12.5 Å². The maximum Gasteiger partial charge on any atom is 0.109 e. The van der Waals surface area contributed by atoms with E-state index in [0.29, 0.717) is 12.5 Å². The summed E-state index contributed by atoms with van der Waals surface area (Å²) in [5, 5.41) is 21.8. The van der Waals surface area contributed by atoms with Gasteiger partial charge in [0.2, 0.25) is 0 Å².